The number of benzene rings is 1. The van der Waals surface area contributed by atoms with Gasteiger partial charge in [0.1, 0.15) is 11.5 Å². The maximum Gasteiger partial charge on any atom is 0.253 e. The molecule has 0 amide bonds. The lowest BCUT2D eigenvalue weighted by molar-refractivity contribution is 0.409. The summed E-state index contributed by atoms with van der Waals surface area (Å²) < 4.78 is 66.7. The second kappa shape index (κ2) is 5.55. The molecule has 1 aromatic heterocycles. The summed E-state index contributed by atoms with van der Waals surface area (Å²) in [7, 11) is 0. The number of nitrogens with one attached hydrogen (secondary N) is 1. The fourth-order valence-corrected chi connectivity index (χ4v) is 2.34. The predicted octanol–water partition coefficient (Wildman–Crippen LogP) is 4.34. The highest BCUT2D eigenvalue weighted by Gasteiger charge is 2.34. The highest BCUT2D eigenvalue weighted by atomic mass is 19.2. The molecule has 2 aromatic rings. The molecule has 1 fully saturated rings. The number of aromatic nitrogens is 1. The second-order valence-electron chi connectivity index (χ2n) is 5.21. The molecular weight excluding hydrogens is 303 g/mol. The van der Waals surface area contributed by atoms with Crippen LogP contribution in [0.5, 0.6) is 0 Å². The van der Waals surface area contributed by atoms with Gasteiger partial charge in [-0.05, 0) is 36.5 Å². The molecule has 22 heavy (non-hydrogen) atoms. The van der Waals surface area contributed by atoms with Crippen LogP contribution in [0.2, 0.25) is 0 Å². The van der Waals surface area contributed by atoms with Crippen molar-refractivity contribution in [1.82, 2.24) is 4.98 Å². The van der Waals surface area contributed by atoms with E-state index in [4.69, 9.17) is 0 Å². The summed E-state index contributed by atoms with van der Waals surface area (Å²) in [5.74, 6) is -6.97. The van der Waals surface area contributed by atoms with Gasteiger partial charge >= 0.3 is 0 Å². The molecule has 1 unspecified atom stereocenters. The normalized spacial score (nSPS) is 15.7. The zero-order valence-corrected chi connectivity index (χ0v) is 11.2. The first-order valence-electron chi connectivity index (χ1n) is 6.69. The van der Waals surface area contributed by atoms with E-state index in [0.717, 1.165) is 12.8 Å². The zero-order chi connectivity index (χ0) is 15.9. The Morgan fingerprint density at radius 3 is 1.95 bits per heavy atom. The van der Waals surface area contributed by atoms with E-state index in [0.29, 0.717) is 5.56 Å². The average Bonchev–Trinajstić information content (AvgIpc) is 3.31. The van der Waals surface area contributed by atoms with Crippen molar-refractivity contribution in [3.8, 4) is 0 Å². The Bertz CT molecular complexity index is 672. The van der Waals surface area contributed by atoms with E-state index in [2.05, 4.69) is 10.3 Å². The molecule has 1 heterocycles. The summed E-state index contributed by atoms with van der Waals surface area (Å²) in [6.45, 7) is 0. The molecule has 1 aromatic carbocycles. The van der Waals surface area contributed by atoms with Crippen molar-refractivity contribution in [2.24, 2.45) is 5.92 Å². The smallest absolute Gasteiger partial charge is 0.253 e. The first-order valence-corrected chi connectivity index (χ1v) is 6.69. The van der Waals surface area contributed by atoms with Gasteiger partial charge in [0.05, 0.1) is 6.04 Å². The maximum atomic E-state index is 13.7. The van der Waals surface area contributed by atoms with Crippen molar-refractivity contribution < 1.29 is 22.0 Å². The van der Waals surface area contributed by atoms with Crippen molar-refractivity contribution >= 4 is 5.69 Å². The summed E-state index contributed by atoms with van der Waals surface area (Å²) in [6, 6.07) is 4.80. The molecule has 1 aliphatic rings. The first-order chi connectivity index (χ1) is 10.5. The average molecular weight is 314 g/mol. The Morgan fingerprint density at radius 1 is 0.909 bits per heavy atom. The van der Waals surface area contributed by atoms with E-state index in [1.165, 1.54) is 24.3 Å². The fourth-order valence-electron chi connectivity index (χ4n) is 2.34. The van der Waals surface area contributed by atoms with Crippen LogP contribution in [0.3, 0.4) is 0 Å². The van der Waals surface area contributed by atoms with Gasteiger partial charge in [-0.1, -0.05) is 12.1 Å². The topological polar surface area (TPSA) is 24.9 Å². The second-order valence-corrected chi connectivity index (χ2v) is 5.21. The standard InChI is InChI=1S/C15H11F5N2/c16-9-5-3-8(4-6-9)12(7-1-2-7)21-13-10(17)14(19)22-15(20)11(13)18/h3-7,12H,1-2H2,(H,21,22). The molecule has 0 aliphatic heterocycles. The van der Waals surface area contributed by atoms with Crippen LogP contribution in [0, 0.1) is 35.3 Å². The van der Waals surface area contributed by atoms with E-state index in [1.807, 2.05) is 0 Å². The van der Waals surface area contributed by atoms with Crippen molar-refractivity contribution in [3.63, 3.8) is 0 Å². The third kappa shape index (κ3) is 2.75. The van der Waals surface area contributed by atoms with E-state index in [9.17, 15) is 22.0 Å². The number of halogens is 5. The minimum atomic E-state index is -1.71. The number of rotatable bonds is 4. The van der Waals surface area contributed by atoms with Crippen molar-refractivity contribution in [2.45, 2.75) is 18.9 Å². The molecule has 2 nitrogen and oxygen atoms in total. The van der Waals surface area contributed by atoms with Gasteiger partial charge in [-0.3, -0.25) is 0 Å². The Balaban J connectivity index is 1.97. The molecule has 0 bridgehead atoms. The number of anilines is 1. The minimum Gasteiger partial charge on any atom is -0.373 e. The molecule has 0 saturated heterocycles. The third-order valence-electron chi connectivity index (χ3n) is 3.62. The van der Waals surface area contributed by atoms with E-state index in [1.54, 1.807) is 0 Å². The monoisotopic (exact) mass is 314 g/mol. The molecule has 116 valence electrons. The van der Waals surface area contributed by atoms with Gasteiger partial charge in [0.2, 0.25) is 11.6 Å². The molecule has 1 saturated carbocycles. The van der Waals surface area contributed by atoms with Crippen LogP contribution >= 0.6 is 0 Å². The molecule has 1 N–H and O–H groups in total. The van der Waals surface area contributed by atoms with Crippen molar-refractivity contribution in [1.29, 1.82) is 0 Å². The Hall–Kier alpha value is -2.18. The Kier molecular flexibility index (Phi) is 3.72. The van der Waals surface area contributed by atoms with E-state index in [-0.39, 0.29) is 5.92 Å². The van der Waals surface area contributed by atoms with Crippen LogP contribution in [0.1, 0.15) is 24.4 Å². The predicted molar refractivity (Wildman–Crippen MR) is 69.6 cm³/mol. The van der Waals surface area contributed by atoms with Crippen LogP contribution < -0.4 is 5.32 Å². The molecule has 1 atom stereocenters. The number of hydrogen-bond donors (Lipinski definition) is 1. The molecule has 0 radical (unpaired) electrons. The van der Waals surface area contributed by atoms with Gasteiger partial charge in [-0.15, -0.1) is 0 Å². The van der Waals surface area contributed by atoms with Crippen LogP contribution in [-0.4, -0.2) is 4.98 Å². The molecule has 3 rings (SSSR count). The maximum absolute atomic E-state index is 13.7. The summed E-state index contributed by atoms with van der Waals surface area (Å²) in [5, 5.41) is 2.50. The molecular formula is C15H11F5N2. The summed E-state index contributed by atoms with van der Waals surface area (Å²) in [6.07, 6.45) is 1.60. The van der Waals surface area contributed by atoms with Gasteiger partial charge < -0.3 is 5.32 Å². The summed E-state index contributed by atoms with van der Waals surface area (Å²) in [5.41, 5.74) is -0.313. The highest BCUT2D eigenvalue weighted by molar-refractivity contribution is 5.48. The van der Waals surface area contributed by atoms with Crippen molar-refractivity contribution in [2.75, 3.05) is 5.32 Å². The molecule has 7 heteroatoms. The highest BCUT2D eigenvalue weighted by Crippen LogP contribution is 2.43. The van der Waals surface area contributed by atoms with Gasteiger partial charge in [-0.2, -0.15) is 22.5 Å². The fraction of sp³-hybridized carbons (Fsp3) is 0.267. The van der Waals surface area contributed by atoms with E-state index >= 15 is 0 Å². The van der Waals surface area contributed by atoms with E-state index < -0.39 is 41.1 Å². The third-order valence-corrected chi connectivity index (χ3v) is 3.62. The minimum absolute atomic E-state index is 0.0588. The summed E-state index contributed by atoms with van der Waals surface area (Å²) >= 11 is 0. The van der Waals surface area contributed by atoms with Gasteiger partial charge in [-0.25, -0.2) is 4.39 Å². The van der Waals surface area contributed by atoms with Crippen molar-refractivity contribution in [3.05, 3.63) is 59.2 Å². The van der Waals surface area contributed by atoms with Gasteiger partial charge in [0, 0.05) is 0 Å². The lowest BCUT2D eigenvalue weighted by atomic mass is 10.0. The quantitative estimate of drug-likeness (QED) is 0.671. The van der Waals surface area contributed by atoms with Crippen LogP contribution in [0.15, 0.2) is 24.3 Å². The lowest BCUT2D eigenvalue weighted by Gasteiger charge is -2.21. The Labute approximate surface area is 123 Å². The van der Waals surface area contributed by atoms with Gasteiger partial charge in [0.25, 0.3) is 11.9 Å². The lowest BCUT2D eigenvalue weighted by Crippen LogP contribution is -2.17. The number of hydrogen-bond acceptors (Lipinski definition) is 2. The first kappa shape index (κ1) is 14.7. The Morgan fingerprint density at radius 2 is 1.45 bits per heavy atom. The molecule has 0 spiro atoms. The summed E-state index contributed by atoms with van der Waals surface area (Å²) in [4.78, 5) is 2.51. The molecule has 1 aliphatic carbocycles. The number of nitrogens with zero attached hydrogens (tertiary/aromatic N) is 1. The van der Waals surface area contributed by atoms with Gasteiger partial charge in [0.15, 0.2) is 0 Å². The SMILES string of the molecule is Fc1ccc(C(Nc2c(F)c(F)nc(F)c2F)C2CC2)cc1. The van der Waals surface area contributed by atoms with Crippen LogP contribution in [0.25, 0.3) is 0 Å². The largest absolute Gasteiger partial charge is 0.373 e. The van der Waals surface area contributed by atoms with Crippen LogP contribution in [-0.2, 0) is 0 Å². The zero-order valence-electron chi connectivity index (χ0n) is 11.2. The van der Waals surface area contributed by atoms with Crippen LogP contribution in [0.4, 0.5) is 27.6 Å². The number of pyridine rings is 1.